The van der Waals surface area contributed by atoms with Gasteiger partial charge >= 0.3 is 6.18 Å². The molecule has 0 atom stereocenters. The van der Waals surface area contributed by atoms with Crippen LogP contribution in [0.15, 0.2) is 36.4 Å². The van der Waals surface area contributed by atoms with Crippen molar-refractivity contribution in [3.05, 3.63) is 58.9 Å². The van der Waals surface area contributed by atoms with Crippen molar-refractivity contribution in [2.45, 2.75) is 20.0 Å². The minimum absolute atomic E-state index is 0.0979. The highest BCUT2D eigenvalue weighted by molar-refractivity contribution is 5.49. The molecule has 0 amide bonds. The van der Waals surface area contributed by atoms with Gasteiger partial charge in [-0.1, -0.05) is 12.0 Å². The Morgan fingerprint density at radius 3 is 2.55 bits per heavy atom. The number of aromatic nitrogens is 1. The zero-order chi connectivity index (χ0) is 16.2. The van der Waals surface area contributed by atoms with Gasteiger partial charge in [0.1, 0.15) is 11.4 Å². The van der Waals surface area contributed by atoms with Gasteiger partial charge in [-0.2, -0.15) is 13.2 Å². The maximum absolute atomic E-state index is 13.1. The van der Waals surface area contributed by atoms with E-state index < -0.39 is 11.7 Å². The Kier molecular flexibility index (Phi) is 4.71. The van der Waals surface area contributed by atoms with Crippen molar-refractivity contribution in [1.29, 1.82) is 0 Å². The predicted molar refractivity (Wildman–Crippen MR) is 77.6 cm³/mol. The fourth-order valence-electron chi connectivity index (χ4n) is 1.87. The highest BCUT2D eigenvalue weighted by atomic mass is 19.4. The smallest absolute Gasteiger partial charge is 0.417 e. The van der Waals surface area contributed by atoms with Crippen LogP contribution in [0.2, 0.25) is 0 Å². The summed E-state index contributed by atoms with van der Waals surface area (Å²) in [6.07, 6.45) is -4.49. The zero-order valence-corrected chi connectivity index (χ0v) is 12.2. The number of hydrogen-bond donors (Lipinski definition) is 0. The van der Waals surface area contributed by atoms with Crippen LogP contribution in [0, 0.1) is 18.8 Å². The van der Waals surface area contributed by atoms with E-state index in [0.29, 0.717) is 12.3 Å². The molecule has 1 aromatic carbocycles. The molecule has 5 heteroatoms. The van der Waals surface area contributed by atoms with E-state index in [1.807, 2.05) is 0 Å². The molecule has 0 aliphatic rings. The van der Waals surface area contributed by atoms with E-state index in [0.717, 1.165) is 11.8 Å². The molecule has 0 aliphatic heterocycles. The van der Waals surface area contributed by atoms with Crippen LogP contribution in [-0.2, 0) is 6.18 Å². The standard InChI is InChI=1S/C17H14F3NO/c1-3-22-15-10-8-13(16(11-15)17(18,19)20)7-9-14-6-4-5-12(2)21-14/h4-6,8,10-11H,3H2,1-2H3. The summed E-state index contributed by atoms with van der Waals surface area (Å²) < 4.78 is 44.5. The SMILES string of the molecule is CCOc1ccc(C#Cc2cccc(C)n2)c(C(F)(F)F)c1. The number of ether oxygens (including phenoxy) is 1. The van der Waals surface area contributed by atoms with Crippen LogP contribution in [0.4, 0.5) is 13.2 Å². The molecule has 0 saturated heterocycles. The molecule has 0 radical (unpaired) electrons. The van der Waals surface area contributed by atoms with Gasteiger partial charge < -0.3 is 4.74 Å². The molecule has 0 aliphatic carbocycles. The molecular formula is C17H14F3NO. The Labute approximate surface area is 127 Å². The molecule has 2 aromatic rings. The van der Waals surface area contributed by atoms with Gasteiger partial charge in [-0.05, 0) is 50.1 Å². The Balaban J connectivity index is 2.43. The maximum Gasteiger partial charge on any atom is 0.417 e. The highest BCUT2D eigenvalue weighted by Gasteiger charge is 2.33. The van der Waals surface area contributed by atoms with Gasteiger partial charge in [-0.15, -0.1) is 0 Å². The molecule has 2 rings (SSSR count). The highest BCUT2D eigenvalue weighted by Crippen LogP contribution is 2.34. The molecular weight excluding hydrogens is 291 g/mol. The lowest BCUT2D eigenvalue weighted by Gasteiger charge is -2.11. The lowest BCUT2D eigenvalue weighted by atomic mass is 10.1. The van der Waals surface area contributed by atoms with E-state index in [2.05, 4.69) is 16.8 Å². The van der Waals surface area contributed by atoms with E-state index in [-0.39, 0.29) is 11.3 Å². The van der Waals surface area contributed by atoms with Crippen LogP contribution in [0.25, 0.3) is 0 Å². The number of benzene rings is 1. The first-order valence-electron chi connectivity index (χ1n) is 6.70. The van der Waals surface area contributed by atoms with Crippen molar-refractivity contribution in [3.8, 4) is 17.6 Å². The fraction of sp³-hybridized carbons (Fsp3) is 0.235. The Morgan fingerprint density at radius 1 is 1.14 bits per heavy atom. The molecule has 0 saturated carbocycles. The van der Waals surface area contributed by atoms with Crippen molar-refractivity contribution in [2.75, 3.05) is 6.61 Å². The molecule has 0 bridgehead atoms. The van der Waals surface area contributed by atoms with Gasteiger partial charge in [-0.25, -0.2) is 4.98 Å². The minimum atomic E-state index is -4.49. The van der Waals surface area contributed by atoms with Crippen LogP contribution >= 0.6 is 0 Å². The molecule has 2 nitrogen and oxygen atoms in total. The number of rotatable bonds is 2. The van der Waals surface area contributed by atoms with Crippen molar-refractivity contribution in [3.63, 3.8) is 0 Å². The first-order chi connectivity index (χ1) is 10.4. The van der Waals surface area contributed by atoms with Crippen LogP contribution in [0.3, 0.4) is 0 Å². The summed E-state index contributed by atoms with van der Waals surface area (Å²) in [7, 11) is 0. The second-order valence-corrected chi connectivity index (χ2v) is 4.55. The van der Waals surface area contributed by atoms with Crippen LogP contribution in [-0.4, -0.2) is 11.6 Å². The topological polar surface area (TPSA) is 22.1 Å². The van der Waals surface area contributed by atoms with Crippen LogP contribution in [0.5, 0.6) is 5.75 Å². The zero-order valence-electron chi connectivity index (χ0n) is 12.2. The molecule has 1 heterocycles. The Hall–Kier alpha value is -2.48. The van der Waals surface area contributed by atoms with Gasteiger partial charge in [0.15, 0.2) is 0 Å². The summed E-state index contributed by atoms with van der Waals surface area (Å²) in [5.41, 5.74) is 0.286. The number of hydrogen-bond acceptors (Lipinski definition) is 2. The van der Waals surface area contributed by atoms with Gasteiger partial charge in [0, 0.05) is 11.3 Å². The van der Waals surface area contributed by atoms with Gasteiger partial charge in [-0.3, -0.25) is 0 Å². The predicted octanol–water partition coefficient (Wildman–Crippen LogP) is 4.21. The van der Waals surface area contributed by atoms with E-state index in [1.54, 1.807) is 32.0 Å². The third-order valence-electron chi connectivity index (χ3n) is 2.82. The maximum atomic E-state index is 13.1. The molecule has 0 spiro atoms. The second-order valence-electron chi connectivity index (χ2n) is 4.55. The number of nitrogens with zero attached hydrogens (tertiary/aromatic N) is 1. The summed E-state index contributed by atoms with van der Waals surface area (Å²) in [6.45, 7) is 3.81. The largest absolute Gasteiger partial charge is 0.494 e. The molecule has 22 heavy (non-hydrogen) atoms. The average Bonchev–Trinajstić information content (AvgIpc) is 2.45. The third-order valence-corrected chi connectivity index (χ3v) is 2.82. The van der Waals surface area contributed by atoms with Gasteiger partial charge in [0.2, 0.25) is 0 Å². The fourth-order valence-corrected chi connectivity index (χ4v) is 1.87. The van der Waals surface area contributed by atoms with Crippen molar-refractivity contribution in [1.82, 2.24) is 4.98 Å². The number of alkyl halides is 3. The summed E-state index contributed by atoms with van der Waals surface area (Å²) in [4.78, 5) is 4.15. The monoisotopic (exact) mass is 305 g/mol. The van der Waals surface area contributed by atoms with Gasteiger partial charge in [0.25, 0.3) is 0 Å². The molecule has 114 valence electrons. The van der Waals surface area contributed by atoms with E-state index in [1.165, 1.54) is 12.1 Å². The van der Waals surface area contributed by atoms with Crippen molar-refractivity contribution >= 4 is 0 Å². The first kappa shape index (κ1) is 15.9. The first-order valence-corrected chi connectivity index (χ1v) is 6.70. The number of aryl methyl sites for hydroxylation is 1. The van der Waals surface area contributed by atoms with Crippen LogP contribution in [0.1, 0.15) is 29.4 Å². The van der Waals surface area contributed by atoms with E-state index in [9.17, 15) is 13.2 Å². The van der Waals surface area contributed by atoms with Crippen molar-refractivity contribution in [2.24, 2.45) is 0 Å². The Morgan fingerprint density at radius 2 is 1.91 bits per heavy atom. The van der Waals surface area contributed by atoms with E-state index >= 15 is 0 Å². The number of halogens is 3. The summed E-state index contributed by atoms with van der Waals surface area (Å²) in [5.74, 6) is 5.38. The average molecular weight is 305 g/mol. The summed E-state index contributed by atoms with van der Waals surface area (Å²) in [5, 5.41) is 0. The third kappa shape index (κ3) is 4.01. The van der Waals surface area contributed by atoms with Crippen molar-refractivity contribution < 1.29 is 17.9 Å². The molecule has 1 aromatic heterocycles. The van der Waals surface area contributed by atoms with E-state index in [4.69, 9.17) is 4.74 Å². The van der Waals surface area contributed by atoms with Gasteiger partial charge in [0.05, 0.1) is 12.2 Å². The number of pyridine rings is 1. The normalized spacial score (nSPS) is 10.8. The molecule has 0 unspecified atom stereocenters. The lowest BCUT2D eigenvalue weighted by Crippen LogP contribution is -2.08. The summed E-state index contributed by atoms with van der Waals surface area (Å²) >= 11 is 0. The minimum Gasteiger partial charge on any atom is -0.494 e. The second kappa shape index (κ2) is 6.52. The molecule has 0 fully saturated rings. The summed E-state index contributed by atoms with van der Waals surface area (Å²) in [6, 6.07) is 8.97. The quantitative estimate of drug-likeness (QED) is 0.776. The lowest BCUT2D eigenvalue weighted by molar-refractivity contribution is -0.137. The van der Waals surface area contributed by atoms with Crippen LogP contribution < -0.4 is 4.74 Å². The molecule has 0 N–H and O–H groups in total. The Bertz CT molecular complexity index is 727.